The van der Waals surface area contributed by atoms with Gasteiger partial charge < -0.3 is 0 Å². The Morgan fingerprint density at radius 1 is 0.679 bits per heavy atom. The van der Waals surface area contributed by atoms with Gasteiger partial charge in [0.1, 0.15) is 19.4 Å². The molecule has 28 heavy (non-hydrogen) atoms. The van der Waals surface area contributed by atoms with Crippen LogP contribution >= 0.6 is 22.1 Å². The average molecular weight is 469 g/mol. The van der Waals surface area contributed by atoms with Gasteiger partial charge in [-0.1, -0.05) is 53.4 Å². The number of hydroxylamine groups is 2. The standard InChI is InChI=1S/C18H40N2O4S2Si2/c1-15-5-7-17(3)27-19(11-9-15)21-13-23-25-26-24-14-22-20-12-10-16(2)6-8-18(4)28-20/h15-18H,5-14,27-28H2,1-4H3. The van der Waals surface area contributed by atoms with Crippen molar-refractivity contribution in [2.24, 2.45) is 11.8 Å². The number of rotatable bonds is 9. The van der Waals surface area contributed by atoms with E-state index in [9.17, 15) is 0 Å². The minimum atomic E-state index is -0.343. The van der Waals surface area contributed by atoms with Gasteiger partial charge in [0.05, 0.1) is 22.1 Å². The fourth-order valence-corrected chi connectivity index (χ4v) is 7.75. The third-order valence-corrected chi connectivity index (χ3v) is 10.8. The Labute approximate surface area is 184 Å². The van der Waals surface area contributed by atoms with Crippen molar-refractivity contribution in [2.45, 2.75) is 77.3 Å². The lowest BCUT2D eigenvalue weighted by atomic mass is 10.0. The van der Waals surface area contributed by atoms with E-state index in [0.717, 1.165) is 36.0 Å². The molecule has 0 aliphatic carbocycles. The molecule has 6 nitrogen and oxygen atoms in total. The average Bonchev–Trinajstić information content (AvgIpc) is 2.66. The molecular weight excluding hydrogens is 429 g/mol. The molecule has 2 rings (SSSR count). The van der Waals surface area contributed by atoms with Crippen molar-refractivity contribution in [3.8, 4) is 0 Å². The second kappa shape index (κ2) is 14.8. The van der Waals surface area contributed by atoms with E-state index in [-0.39, 0.29) is 32.9 Å². The van der Waals surface area contributed by atoms with Gasteiger partial charge in [0.25, 0.3) is 0 Å². The third kappa shape index (κ3) is 11.3. The van der Waals surface area contributed by atoms with Crippen molar-refractivity contribution in [1.29, 1.82) is 0 Å². The van der Waals surface area contributed by atoms with Gasteiger partial charge >= 0.3 is 0 Å². The molecule has 2 aliphatic rings. The Kier molecular flexibility index (Phi) is 13.3. The zero-order valence-electron chi connectivity index (χ0n) is 18.1. The van der Waals surface area contributed by atoms with Crippen LogP contribution in [-0.4, -0.2) is 55.5 Å². The first kappa shape index (κ1) is 25.2. The topological polar surface area (TPSA) is 43.4 Å². The van der Waals surface area contributed by atoms with Crippen molar-refractivity contribution >= 4 is 41.5 Å². The Morgan fingerprint density at radius 3 is 1.54 bits per heavy atom. The molecule has 10 heteroatoms. The summed E-state index contributed by atoms with van der Waals surface area (Å²) in [5, 5.41) is 0. The van der Waals surface area contributed by atoms with Crippen molar-refractivity contribution in [1.82, 2.24) is 9.46 Å². The first-order valence-electron chi connectivity index (χ1n) is 10.9. The fraction of sp³-hybridized carbons (Fsp3) is 1.00. The van der Waals surface area contributed by atoms with E-state index in [0.29, 0.717) is 0 Å². The summed E-state index contributed by atoms with van der Waals surface area (Å²) in [7, 11) is -0.687. The highest BCUT2D eigenvalue weighted by Gasteiger charge is 2.19. The fourth-order valence-electron chi connectivity index (χ4n) is 3.72. The normalized spacial score (nSPS) is 33.4. The largest absolute Gasteiger partial charge is 0.277 e. The summed E-state index contributed by atoms with van der Waals surface area (Å²) < 4.78 is 15.4. The first-order chi connectivity index (χ1) is 13.5. The van der Waals surface area contributed by atoms with Crippen molar-refractivity contribution < 1.29 is 18.0 Å². The van der Waals surface area contributed by atoms with Crippen LogP contribution in [-0.2, 0) is 18.0 Å². The van der Waals surface area contributed by atoms with Gasteiger partial charge in [-0.3, -0.25) is 18.0 Å². The lowest BCUT2D eigenvalue weighted by Gasteiger charge is -2.29. The van der Waals surface area contributed by atoms with E-state index >= 15 is 0 Å². The summed E-state index contributed by atoms with van der Waals surface area (Å²) in [6.45, 7) is 12.1. The van der Waals surface area contributed by atoms with Crippen molar-refractivity contribution in [3.63, 3.8) is 0 Å². The molecule has 2 fully saturated rings. The molecule has 2 aliphatic heterocycles. The van der Waals surface area contributed by atoms with E-state index in [2.05, 4.69) is 37.2 Å². The molecular formula is C18H40N2O4S2Si2. The molecule has 4 unspecified atom stereocenters. The highest BCUT2D eigenvalue weighted by atomic mass is 33.1. The molecule has 0 N–H and O–H groups in total. The molecule has 0 aromatic carbocycles. The maximum Gasteiger partial charge on any atom is 0.180 e. The number of hydrogen-bond donors (Lipinski definition) is 0. The molecule has 0 aromatic rings. The van der Waals surface area contributed by atoms with E-state index in [1.165, 1.54) is 60.7 Å². The summed E-state index contributed by atoms with van der Waals surface area (Å²) in [6.07, 6.45) is 7.84. The molecule has 0 radical (unpaired) electrons. The number of hydrogen-bond acceptors (Lipinski definition) is 8. The summed E-state index contributed by atoms with van der Waals surface area (Å²) in [4.78, 5) is 11.7. The molecule has 0 aromatic heterocycles. The van der Waals surface area contributed by atoms with E-state index in [1.54, 1.807) is 0 Å². The van der Waals surface area contributed by atoms with Crippen LogP contribution in [0.15, 0.2) is 0 Å². The van der Waals surface area contributed by atoms with Gasteiger partial charge in [0.2, 0.25) is 0 Å². The minimum absolute atomic E-state index is 0.282. The second-order valence-electron chi connectivity index (χ2n) is 8.79. The Bertz CT molecular complexity index is 382. The van der Waals surface area contributed by atoms with Crippen molar-refractivity contribution in [3.05, 3.63) is 0 Å². The van der Waals surface area contributed by atoms with Crippen LogP contribution in [0.4, 0.5) is 0 Å². The first-order valence-corrected chi connectivity index (χ1v) is 15.8. The van der Waals surface area contributed by atoms with E-state index < -0.39 is 0 Å². The van der Waals surface area contributed by atoms with Crippen LogP contribution < -0.4 is 0 Å². The predicted molar refractivity (Wildman–Crippen MR) is 125 cm³/mol. The molecule has 2 heterocycles. The maximum atomic E-state index is 5.84. The summed E-state index contributed by atoms with van der Waals surface area (Å²) in [6, 6.07) is 0. The quantitative estimate of drug-likeness (QED) is 0.165. The molecule has 0 bridgehead atoms. The minimum Gasteiger partial charge on any atom is -0.277 e. The summed E-state index contributed by atoms with van der Waals surface area (Å²) in [5.74, 6) is 1.59. The summed E-state index contributed by atoms with van der Waals surface area (Å²) >= 11 is 2.44. The van der Waals surface area contributed by atoms with Crippen molar-refractivity contribution in [2.75, 3.05) is 26.7 Å². The SMILES string of the molecule is CC1CCC(C)[SiH2]N(OCOSSOCON2CCC(C)CCC(C)[SiH2]2)CC1. The zero-order chi connectivity index (χ0) is 20.2. The van der Waals surface area contributed by atoms with Crippen LogP contribution in [0.3, 0.4) is 0 Å². The van der Waals surface area contributed by atoms with Gasteiger partial charge in [0, 0.05) is 13.1 Å². The van der Waals surface area contributed by atoms with Gasteiger partial charge in [-0.2, -0.15) is 0 Å². The molecule has 0 saturated carbocycles. The number of nitrogens with zero attached hydrogens (tertiary/aromatic N) is 2. The van der Waals surface area contributed by atoms with Crippen LogP contribution in [0.25, 0.3) is 0 Å². The van der Waals surface area contributed by atoms with Gasteiger partial charge in [-0.05, 0) is 35.8 Å². The molecule has 2 saturated heterocycles. The summed E-state index contributed by atoms with van der Waals surface area (Å²) in [5.41, 5.74) is 1.62. The molecule has 0 amide bonds. The van der Waals surface area contributed by atoms with Crippen LogP contribution in [0, 0.1) is 11.8 Å². The highest BCUT2D eigenvalue weighted by molar-refractivity contribution is 8.73. The van der Waals surface area contributed by atoms with Gasteiger partial charge in [-0.15, -0.1) is 0 Å². The lowest BCUT2D eigenvalue weighted by molar-refractivity contribution is -0.145. The molecule has 4 atom stereocenters. The molecule has 0 spiro atoms. The second-order valence-corrected chi connectivity index (χ2v) is 15.3. The van der Waals surface area contributed by atoms with Crippen LogP contribution in [0.1, 0.15) is 66.2 Å². The van der Waals surface area contributed by atoms with Gasteiger partial charge in [-0.25, -0.2) is 9.46 Å². The highest BCUT2D eigenvalue weighted by Crippen LogP contribution is 2.26. The van der Waals surface area contributed by atoms with Crippen LogP contribution in [0.5, 0.6) is 0 Å². The lowest BCUT2D eigenvalue weighted by Crippen LogP contribution is -2.34. The van der Waals surface area contributed by atoms with Crippen LogP contribution in [0.2, 0.25) is 11.1 Å². The Balaban J connectivity index is 1.47. The van der Waals surface area contributed by atoms with Gasteiger partial charge in [0.15, 0.2) is 13.6 Å². The third-order valence-electron chi connectivity index (χ3n) is 5.77. The molecule has 166 valence electrons. The smallest absolute Gasteiger partial charge is 0.180 e. The van der Waals surface area contributed by atoms with E-state index in [4.69, 9.17) is 18.0 Å². The Hall–Kier alpha value is 0.894. The Morgan fingerprint density at radius 2 is 1.11 bits per heavy atom. The maximum absolute atomic E-state index is 5.84. The predicted octanol–water partition coefficient (Wildman–Crippen LogP) is 4.04. The zero-order valence-corrected chi connectivity index (χ0v) is 22.6. The monoisotopic (exact) mass is 468 g/mol. The van der Waals surface area contributed by atoms with E-state index in [1.807, 2.05) is 0 Å².